The summed E-state index contributed by atoms with van der Waals surface area (Å²) in [5.74, 6) is 0.0166. The van der Waals surface area contributed by atoms with Crippen molar-refractivity contribution in [2.45, 2.75) is 49.6 Å². The maximum absolute atomic E-state index is 13.6. The standard InChI is InChI=1S/C27H37N5O3/c1-30(2)27(23-8-5-4-6-9-23)13-11-26(12-14-27)21-31(25(34)32(26)16-7-17-35-3)20-24(33)18-22-10-15-28-29-19-22/h4-6,8-10,15,19H,7,11-14,16-18,20-21H2,1-3H3. The molecule has 0 bridgehead atoms. The van der Waals surface area contributed by atoms with Gasteiger partial charge in [0.05, 0.1) is 18.3 Å². The fourth-order valence-electron chi connectivity index (χ4n) is 5.92. The first-order chi connectivity index (χ1) is 16.9. The number of ketones is 1. The molecule has 188 valence electrons. The topological polar surface area (TPSA) is 78.9 Å². The fourth-order valence-corrected chi connectivity index (χ4v) is 5.92. The number of amides is 2. The van der Waals surface area contributed by atoms with Gasteiger partial charge >= 0.3 is 6.03 Å². The smallest absolute Gasteiger partial charge is 0.321 e. The summed E-state index contributed by atoms with van der Waals surface area (Å²) in [6.07, 6.45) is 7.95. The summed E-state index contributed by atoms with van der Waals surface area (Å²) in [7, 11) is 5.99. The summed E-state index contributed by atoms with van der Waals surface area (Å²) in [5.41, 5.74) is 1.84. The van der Waals surface area contributed by atoms with E-state index in [0.717, 1.165) is 37.7 Å². The molecule has 0 N–H and O–H groups in total. The molecule has 1 aliphatic heterocycles. The van der Waals surface area contributed by atoms with Crippen molar-refractivity contribution in [2.75, 3.05) is 47.4 Å². The number of urea groups is 1. The summed E-state index contributed by atoms with van der Waals surface area (Å²) < 4.78 is 5.27. The van der Waals surface area contributed by atoms with Crippen LogP contribution in [0.5, 0.6) is 0 Å². The highest BCUT2D eigenvalue weighted by Gasteiger charge is 2.54. The first kappa shape index (κ1) is 25.3. The molecule has 2 aliphatic rings. The Morgan fingerprint density at radius 2 is 1.83 bits per heavy atom. The highest BCUT2D eigenvalue weighted by molar-refractivity contribution is 5.88. The zero-order valence-electron chi connectivity index (χ0n) is 21.2. The van der Waals surface area contributed by atoms with E-state index in [0.29, 0.717) is 19.7 Å². The number of Topliss-reactive ketones (excluding diaryl/α,β-unsaturated/α-hetero) is 1. The van der Waals surface area contributed by atoms with Crippen molar-refractivity contribution in [3.8, 4) is 0 Å². The van der Waals surface area contributed by atoms with E-state index in [9.17, 15) is 9.59 Å². The summed E-state index contributed by atoms with van der Waals surface area (Å²) in [6.45, 7) is 1.98. The summed E-state index contributed by atoms with van der Waals surface area (Å²) >= 11 is 0. The lowest BCUT2D eigenvalue weighted by molar-refractivity contribution is -0.119. The second-order valence-corrected chi connectivity index (χ2v) is 10.1. The Kier molecular flexibility index (Phi) is 7.82. The Balaban J connectivity index is 1.52. The lowest BCUT2D eigenvalue weighted by atomic mass is 9.68. The van der Waals surface area contributed by atoms with Crippen molar-refractivity contribution in [3.05, 3.63) is 59.9 Å². The Bertz CT molecular complexity index is 990. The molecule has 8 heteroatoms. The first-order valence-corrected chi connectivity index (χ1v) is 12.5. The molecule has 1 saturated carbocycles. The van der Waals surface area contributed by atoms with Gasteiger partial charge in [-0.1, -0.05) is 30.3 Å². The van der Waals surface area contributed by atoms with Crippen molar-refractivity contribution in [1.82, 2.24) is 24.9 Å². The molecule has 2 heterocycles. The number of ether oxygens (including phenoxy) is 1. The van der Waals surface area contributed by atoms with Gasteiger partial charge in [-0.3, -0.25) is 9.69 Å². The number of aromatic nitrogens is 2. The molecule has 35 heavy (non-hydrogen) atoms. The van der Waals surface area contributed by atoms with Crippen LogP contribution in [-0.4, -0.2) is 89.7 Å². The number of carbonyl (C=O) groups excluding carboxylic acids is 2. The number of rotatable bonds is 10. The van der Waals surface area contributed by atoms with Crippen LogP contribution in [0.25, 0.3) is 0 Å². The van der Waals surface area contributed by atoms with Crippen LogP contribution >= 0.6 is 0 Å². The van der Waals surface area contributed by atoms with Gasteiger partial charge in [0, 0.05) is 45.0 Å². The zero-order valence-corrected chi connectivity index (χ0v) is 21.2. The maximum atomic E-state index is 13.6. The van der Waals surface area contributed by atoms with Gasteiger partial charge in [0.2, 0.25) is 0 Å². The molecule has 0 radical (unpaired) electrons. The van der Waals surface area contributed by atoms with Crippen molar-refractivity contribution >= 4 is 11.8 Å². The highest BCUT2D eigenvalue weighted by atomic mass is 16.5. The zero-order chi connectivity index (χ0) is 24.9. The van der Waals surface area contributed by atoms with Crippen LogP contribution in [0, 0.1) is 0 Å². The fraction of sp³-hybridized carbons (Fsp3) is 0.556. The minimum atomic E-state index is -0.252. The molecule has 1 spiro atoms. The largest absolute Gasteiger partial charge is 0.385 e. The molecule has 0 atom stereocenters. The summed E-state index contributed by atoms with van der Waals surface area (Å²) in [6, 6.07) is 12.5. The molecular formula is C27H37N5O3. The van der Waals surface area contributed by atoms with E-state index in [-0.39, 0.29) is 35.9 Å². The average molecular weight is 480 g/mol. The second-order valence-electron chi connectivity index (χ2n) is 10.1. The van der Waals surface area contributed by atoms with E-state index < -0.39 is 0 Å². The van der Waals surface area contributed by atoms with E-state index in [4.69, 9.17) is 4.74 Å². The number of methoxy groups -OCH3 is 1. The normalized spacial score (nSPS) is 24.5. The predicted molar refractivity (Wildman–Crippen MR) is 134 cm³/mol. The molecule has 2 amide bonds. The lowest BCUT2D eigenvalue weighted by Gasteiger charge is -2.51. The Morgan fingerprint density at radius 3 is 2.46 bits per heavy atom. The number of benzene rings is 1. The molecule has 1 aromatic heterocycles. The molecule has 2 fully saturated rings. The van der Waals surface area contributed by atoms with Gasteiger partial charge in [-0.25, -0.2) is 4.79 Å². The van der Waals surface area contributed by atoms with Gasteiger partial charge in [0.25, 0.3) is 0 Å². The van der Waals surface area contributed by atoms with Gasteiger partial charge in [-0.2, -0.15) is 10.2 Å². The number of carbonyl (C=O) groups is 2. The third kappa shape index (κ3) is 5.23. The molecule has 8 nitrogen and oxygen atoms in total. The van der Waals surface area contributed by atoms with E-state index in [1.54, 1.807) is 30.5 Å². The number of hydrogen-bond acceptors (Lipinski definition) is 6. The van der Waals surface area contributed by atoms with Crippen molar-refractivity contribution < 1.29 is 14.3 Å². The highest BCUT2D eigenvalue weighted by Crippen LogP contribution is 2.48. The van der Waals surface area contributed by atoms with E-state index in [2.05, 4.69) is 59.5 Å². The maximum Gasteiger partial charge on any atom is 0.321 e. The van der Waals surface area contributed by atoms with Crippen molar-refractivity contribution in [1.29, 1.82) is 0 Å². The molecule has 1 aliphatic carbocycles. The Morgan fingerprint density at radius 1 is 1.09 bits per heavy atom. The van der Waals surface area contributed by atoms with E-state index in [1.165, 1.54) is 5.56 Å². The third-order valence-corrected chi connectivity index (χ3v) is 7.88. The van der Waals surface area contributed by atoms with Crippen LogP contribution < -0.4 is 0 Å². The van der Waals surface area contributed by atoms with Gasteiger partial charge < -0.3 is 14.5 Å². The third-order valence-electron chi connectivity index (χ3n) is 7.88. The average Bonchev–Trinajstić information content (AvgIpc) is 3.11. The van der Waals surface area contributed by atoms with E-state index >= 15 is 0 Å². The van der Waals surface area contributed by atoms with Gasteiger partial charge in [-0.05, 0) is 63.4 Å². The number of nitrogens with zero attached hydrogens (tertiary/aromatic N) is 5. The quantitative estimate of drug-likeness (QED) is 0.487. The van der Waals surface area contributed by atoms with Crippen LogP contribution in [-0.2, 0) is 21.5 Å². The SMILES string of the molecule is COCCCN1C(=O)N(CC(=O)Cc2ccnnc2)CC12CCC(c1ccccc1)(N(C)C)CC2. The molecule has 4 rings (SSSR count). The number of hydrogen-bond donors (Lipinski definition) is 0. The lowest BCUT2D eigenvalue weighted by Crippen LogP contribution is -2.55. The Hall–Kier alpha value is -2.84. The summed E-state index contributed by atoms with van der Waals surface area (Å²) in [4.78, 5) is 32.5. The molecule has 1 saturated heterocycles. The van der Waals surface area contributed by atoms with Crippen LogP contribution in [0.2, 0.25) is 0 Å². The van der Waals surface area contributed by atoms with Crippen LogP contribution in [0.1, 0.15) is 43.2 Å². The van der Waals surface area contributed by atoms with Gasteiger partial charge in [-0.15, -0.1) is 0 Å². The Labute approximate surface area is 208 Å². The minimum Gasteiger partial charge on any atom is -0.385 e. The minimum absolute atomic E-state index is 0.0166. The van der Waals surface area contributed by atoms with Crippen LogP contribution in [0.4, 0.5) is 4.79 Å². The molecule has 2 aromatic rings. The van der Waals surface area contributed by atoms with Gasteiger partial charge in [0.1, 0.15) is 0 Å². The second kappa shape index (κ2) is 10.8. The monoisotopic (exact) mass is 479 g/mol. The molecular weight excluding hydrogens is 442 g/mol. The first-order valence-electron chi connectivity index (χ1n) is 12.5. The van der Waals surface area contributed by atoms with Gasteiger partial charge in [0.15, 0.2) is 5.78 Å². The van der Waals surface area contributed by atoms with Crippen molar-refractivity contribution in [3.63, 3.8) is 0 Å². The molecule has 0 unspecified atom stereocenters. The van der Waals surface area contributed by atoms with Crippen LogP contribution in [0.3, 0.4) is 0 Å². The summed E-state index contributed by atoms with van der Waals surface area (Å²) in [5, 5.41) is 7.62. The van der Waals surface area contributed by atoms with Crippen LogP contribution in [0.15, 0.2) is 48.8 Å². The predicted octanol–water partition coefficient (Wildman–Crippen LogP) is 3.13. The van der Waals surface area contributed by atoms with Crippen molar-refractivity contribution in [2.24, 2.45) is 0 Å². The van der Waals surface area contributed by atoms with E-state index in [1.807, 2.05) is 4.90 Å². The molecule has 1 aromatic carbocycles.